The number of halogens is 1. The van der Waals surface area contributed by atoms with Gasteiger partial charge in [-0.05, 0) is 47.8 Å². The number of hydrogen-bond donors (Lipinski definition) is 1. The first kappa shape index (κ1) is 12.3. The lowest BCUT2D eigenvalue weighted by Crippen LogP contribution is -2.16. The SMILES string of the molecule is CC1Cc2cc(C(C)OF)ccc2NC(=S)O1. The fourth-order valence-corrected chi connectivity index (χ4v) is 2.16. The second-order valence-electron chi connectivity index (χ2n) is 4.19. The van der Waals surface area contributed by atoms with E-state index in [4.69, 9.17) is 17.0 Å². The number of anilines is 1. The fourth-order valence-electron chi connectivity index (χ4n) is 1.88. The Kier molecular flexibility index (Phi) is 3.59. The molecule has 3 nitrogen and oxygen atoms in total. The number of rotatable bonds is 2. The predicted molar refractivity (Wildman–Crippen MR) is 67.5 cm³/mol. The number of nitrogens with one attached hydrogen (secondary N) is 1. The number of benzene rings is 1. The molecule has 5 heteroatoms. The van der Waals surface area contributed by atoms with Crippen molar-refractivity contribution in [2.45, 2.75) is 32.5 Å². The molecule has 2 unspecified atom stereocenters. The van der Waals surface area contributed by atoms with E-state index >= 15 is 0 Å². The molecular weight excluding hydrogens is 241 g/mol. The molecule has 0 amide bonds. The summed E-state index contributed by atoms with van der Waals surface area (Å²) in [5.41, 5.74) is 2.76. The summed E-state index contributed by atoms with van der Waals surface area (Å²) in [6.07, 6.45) is 0.176. The van der Waals surface area contributed by atoms with E-state index in [1.807, 2.05) is 25.1 Å². The summed E-state index contributed by atoms with van der Waals surface area (Å²) in [6, 6.07) is 5.60. The summed E-state index contributed by atoms with van der Waals surface area (Å²) in [5.74, 6) is 0. The van der Waals surface area contributed by atoms with Gasteiger partial charge in [0.15, 0.2) is 0 Å². The Morgan fingerprint density at radius 3 is 3.06 bits per heavy atom. The van der Waals surface area contributed by atoms with Crippen LogP contribution in [-0.4, -0.2) is 11.3 Å². The van der Waals surface area contributed by atoms with Crippen LogP contribution >= 0.6 is 12.2 Å². The molecule has 1 aromatic rings. The first-order chi connectivity index (χ1) is 8.10. The van der Waals surface area contributed by atoms with Gasteiger partial charge in [-0.15, -0.1) is 0 Å². The molecule has 2 atom stereocenters. The lowest BCUT2D eigenvalue weighted by Gasteiger charge is -2.11. The number of hydrogen-bond acceptors (Lipinski definition) is 3. The van der Waals surface area contributed by atoms with Crippen LogP contribution in [-0.2, 0) is 16.1 Å². The van der Waals surface area contributed by atoms with E-state index in [-0.39, 0.29) is 6.10 Å². The van der Waals surface area contributed by atoms with Crippen molar-refractivity contribution in [3.8, 4) is 0 Å². The van der Waals surface area contributed by atoms with Gasteiger partial charge in [0.25, 0.3) is 5.17 Å². The second kappa shape index (κ2) is 4.98. The van der Waals surface area contributed by atoms with Gasteiger partial charge in [-0.2, -0.15) is 4.94 Å². The van der Waals surface area contributed by atoms with Crippen LogP contribution in [0.5, 0.6) is 0 Å². The van der Waals surface area contributed by atoms with Crippen molar-refractivity contribution in [2.75, 3.05) is 5.32 Å². The third kappa shape index (κ3) is 2.73. The van der Waals surface area contributed by atoms with Gasteiger partial charge >= 0.3 is 0 Å². The van der Waals surface area contributed by atoms with Crippen LogP contribution < -0.4 is 5.32 Å². The average molecular weight is 255 g/mol. The summed E-state index contributed by atoms with van der Waals surface area (Å²) >= 11 is 5.03. The normalized spacial score (nSPS) is 20.9. The minimum absolute atomic E-state index is 0.00750. The molecule has 0 spiro atoms. The topological polar surface area (TPSA) is 30.5 Å². The van der Waals surface area contributed by atoms with Gasteiger partial charge in [0.1, 0.15) is 12.2 Å². The molecule has 2 rings (SSSR count). The molecule has 0 radical (unpaired) electrons. The van der Waals surface area contributed by atoms with Crippen molar-refractivity contribution in [3.05, 3.63) is 29.3 Å². The molecule has 0 saturated carbocycles. The molecule has 1 heterocycles. The number of ether oxygens (including phenoxy) is 1. The second-order valence-corrected chi connectivity index (χ2v) is 4.56. The van der Waals surface area contributed by atoms with Gasteiger partial charge < -0.3 is 10.1 Å². The molecular formula is C12H14FNO2S. The lowest BCUT2D eigenvalue weighted by atomic mass is 10.0. The molecule has 0 fully saturated rings. The summed E-state index contributed by atoms with van der Waals surface area (Å²) in [6.45, 7) is 3.61. The minimum Gasteiger partial charge on any atom is -0.467 e. The van der Waals surface area contributed by atoms with Crippen molar-refractivity contribution in [1.29, 1.82) is 0 Å². The Hall–Kier alpha value is -1.20. The third-order valence-corrected chi connectivity index (χ3v) is 2.98. The number of fused-ring (bicyclic) bond motifs is 1. The summed E-state index contributed by atoms with van der Waals surface area (Å²) in [5, 5.41) is 3.39. The first-order valence-corrected chi connectivity index (χ1v) is 5.89. The molecule has 0 bridgehead atoms. The Balaban J connectivity index is 2.34. The van der Waals surface area contributed by atoms with Crippen LogP contribution in [0, 0.1) is 0 Å². The van der Waals surface area contributed by atoms with Crippen molar-refractivity contribution in [2.24, 2.45) is 0 Å². The standard InChI is InChI=1S/C12H14FNO2S/c1-7-5-10-6-9(8(2)16-13)3-4-11(10)14-12(17)15-7/h3-4,6-8H,5H2,1-2H3,(H,14,17). The predicted octanol–water partition coefficient (Wildman–Crippen LogP) is 3.31. The lowest BCUT2D eigenvalue weighted by molar-refractivity contribution is -0.175. The van der Waals surface area contributed by atoms with Crippen molar-refractivity contribution in [3.63, 3.8) is 0 Å². The zero-order chi connectivity index (χ0) is 12.4. The van der Waals surface area contributed by atoms with Crippen LogP contribution in [0.25, 0.3) is 0 Å². The van der Waals surface area contributed by atoms with Gasteiger partial charge in [0.2, 0.25) is 0 Å². The van der Waals surface area contributed by atoms with E-state index in [9.17, 15) is 4.53 Å². The van der Waals surface area contributed by atoms with Gasteiger partial charge in [0.05, 0.1) is 0 Å². The summed E-state index contributed by atoms with van der Waals surface area (Å²) in [7, 11) is 0. The van der Waals surface area contributed by atoms with Crippen molar-refractivity contribution < 1.29 is 14.2 Å². The minimum atomic E-state index is -0.563. The highest BCUT2D eigenvalue weighted by Crippen LogP contribution is 2.27. The van der Waals surface area contributed by atoms with Gasteiger partial charge in [-0.3, -0.25) is 0 Å². The largest absolute Gasteiger partial charge is 0.467 e. The highest BCUT2D eigenvalue weighted by atomic mass is 32.1. The van der Waals surface area contributed by atoms with Crippen LogP contribution in [0.1, 0.15) is 31.1 Å². The summed E-state index contributed by atoms with van der Waals surface area (Å²) < 4.78 is 17.6. The van der Waals surface area contributed by atoms with Gasteiger partial charge in [-0.1, -0.05) is 12.1 Å². The van der Waals surface area contributed by atoms with E-state index in [0.717, 1.165) is 23.2 Å². The molecule has 1 aliphatic heterocycles. The fraction of sp³-hybridized carbons (Fsp3) is 0.417. The van der Waals surface area contributed by atoms with Crippen molar-refractivity contribution in [1.82, 2.24) is 0 Å². The van der Waals surface area contributed by atoms with Crippen LogP contribution in [0.2, 0.25) is 0 Å². The summed E-state index contributed by atoms with van der Waals surface area (Å²) in [4.78, 5) is 3.83. The van der Waals surface area contributed by atoms with Gasteiger partial charge in [0, 0.05) is 12.1 Å². The molecule has 92 valence electrons. The molecule has 1 aromatic carbocycles. The van der Waals surface area contributed by atoms with Crippen LogP contribution in [0.3, 0.4) is 0 Å². The Bertz CT molecular complexity index is 439. The van der Waals surface area contributed by atoms with E-state index in [1.165, 1.54) is 0 Å². The number of thiocarbonyl (C=S) groups is 1. The van der Waals surface area contributed by atoms with E-state index in [0.29, 0.717) is 5.17 Å². The molecule has 0 aromatic heterocycles. The average Bonchev–Trinajstić information content (AvgIpc) is 2.43. The molecule has 1 N–H and O–H groups in total. The molecule has 0 saturated heterocycles. The van der Waals surface area contributed by atoms with Crippen LogP contribution in [0.4, 0.5) is 10.2 Å². The zero-order valence-corrected chi connectivity index (χ0v) is 10.5. The van der Waals surface area contributed by atoms with Gasteiger partial charge in [-0.25, -0.2) is 0 Å². The molecule has 0 aliphatic carbocycles. The Morgan fingerprint density at radius 1 is 1.59 bits per heavy atom. The maximum absolute atomic E-state index is 12.2. The van der Waals surface area contributed by atoms with E-state index < -0.39 is 6.10 Å². The monoisotopic (exact) mass is 255 g/mol. The zero-order valence-electron chi connectivity index (χ0n) is 9.70. The van der Waals surface area contributed by atoms with E-state index in [1.54, 1.807) is 6.92 Å². The smallest absolute Gasteiger partial charge is 0.261 e. The van der Waals surface area contributed by atoms with Crippen molar-refractivity contribution >= 4 is 23.1 Å². The first-order valence-electron chi connectivity index (χ1n) is 5.48. The Morgan fingerprint density at radius 2 is 2.35 bits per heavy atom. The van der Waals surface area contributed by atoms with E-state index in [2.05, 4.69) is 10.3 Å². The maximum atomic E-state index is 12.2. The van der Waals surface area contributed by atoms with Crippen LogP contribution in [0.15, 0.2) is 18.2 Å². The molecule has 17 heavy (non-hydrogen) atoms. The third-order valence-electron chi connectivity index (χ3n) is 2.78. The maximum Gasteiger partial charge on any atom is 0.261 e. The Labute approximate surface area is 105 Å². The highest BCUT2D eigenvalue weighted by molar-refractivity contribution is 7.80. The molecule has 1 aliphatic rings. The quantitative estimate of drug-likeness (QED) is 0.821. The highest BCUT2D eigenvalue weighted by Gasteiger charge is 2.18.